The SMILES string of the molecule is O=Cc1cc(=O)n(CC2OCCO2)c2ccccc12. The molecule has 2 heterocycles. The second-order valence-corrected chi connectivity index (χ2v) is 4.35. The summed E-state index contributed by atoms with van der Waals surface area (Å²) in [6, 6.07) is 8.67. The minimum Gasteiger partial charge on any atom is -0.348 e. The number of carbonyl (C=O) groups excluding carboxylic acids is 1. The summed E-state index contributed by atoms with van der Waals surface area (Å²) >= 11 is 0. The smallest absolute Gasteiger partial charge is 0.251 e. The average molecular weight is 259 g/mol. The van der Waals surface area contributed by atoms with E-state index in [4.69, 9.17) is 9.47 Å². The lowest BCUT2D eigenvalue weighted by atomic mass is 10.1. The topological polar surface area (TPSA) is 57.5 Å². The molecule has 0 amide bonds. The molecule has 5 heteroatoms. The maximum absolute atomic E-state index is 12.1. The van der Waals surface area contributed by atoms with Crippen molar-refractivity contribution in [2.45, 2.75) is 12.8 Å². The van der Waals surface area contributed by atoms with E-state index >= 15 is 0 Å². The van der Waals surface area contributed by atoms with Gasteiger partial charge < -0.3 is 14.0 Å². The Hall–Kier alpha value is -1.98. The Morgan fingerprint density at radius 1 is 1.26 bits per heavy atom. The molecule has 19 heavy (non-hydrogen) atoms. The summed E-state index contributed by atoms with van der Waals surface area (Å²) in [5.74, 6) is 0. The molecule has 1 aromatic heterocycles. The van der Waals surface area contributed by atoms with E-state index in [1.165, 1.54) is 6.07 Å². The average Bonchev–Trinajstić information content (AvgIpc) is 2.94. The van der Waals surface area contributed by atoms with E-state index in [1.54, 1.807) is 4.57 Å². The summed E-state index contributed by atoms with van der Waals surface area (Å²) in [6.45, 7) is 1.42. The number of fused-ring (bicyclic) bond motifs is 1. The van der Waals surface area contributed by atoms with Gasteiger partial charge in [-0.3, -0.25) is 9.59 Å². The molecule has 0 aliphatic carbocycles. The Bertz CT molecular complexity index is 671. The summed E-state index contributed by atoms with van der Waals surface area (Å²) in [4.78, 5) is 23.1. The minimum absolute atomic E-state index is 0.222. The molecule has 0 saturated carbocycles. The highest BCUT2D eigenvalue weighted by Gasteiger charge is 2.18. The van der Waals surface area contributed by atoms with Crippen LogP contribution in [-0.2, 0) is 16.0 Å². The Kier molecular flexibility index (Phi) is 3.15. The molecular weight excluding hydrogens is 246 g/mol. The molecule has 0 atom stereocenters. The van der Waals surface area contributed by atoms with Gasteiger partial charge in [0.05, 0.1) is 25.3 Å². The largest absolute Gasteiger partial charge is 0.348 e. The minimum atomic E-state index is -0.400. The molecule has 0 bridgehead atoms. The van der Waals surface area contributed by atoms with Crippen molar-refractivity contribution in [3.8, 4) is 0 Å². The lowest BCUT2D eigenvalue weighted by Gasteiger charge is -2.14. The van der Waals surface area contributed by atoms with Crippen LogP contribution in [0.1, 0.15) is 10.4 Å². The quantitative estimate of drug-likeness (QED) is 0.777. The Balaban J connectivity index is 2.15. The molecule has 0 unspecified atom stereocenters. The number of hydrogen-bond acceptors (Lipinski definition) is 4. The molecule has 98 valence electrons. The van der Waals surface area contributed by atoms with Gasteiger partial charge in [-0.05, 0) is 6.07 Å². The van der Waals surface area contributed by atoms with Gasteiger partial charge in [0.1, 0.15) is 0 Å². The number of aromatic nitrogens is 1. The lowest BCUT2D eigenvalue weighted by molar-refractivity contribution is -0.0522. The second kappa shape index (κ2) is 4.95. The van der Waals surface area contributed by atoms with Crippen LogP contribution >= 0.6 is 0 Å². The van der Waals surface area contributed by atoms with Crippen molar-refractivity contribution in [3.63, 3.8) is 0 Å². The van der Waals surface area contributed by atoms with E-state index in [0.717, 1.165) is 10.9 Å². The van der Waals surface area contributed by atoms with Crippen molar-refractivity contribution < 1.29 is 14.3 Å². The summed E-state index contributed by atoms with van der Waals surface area (Å²) in [5.41, 5.74) is 0.904. The normalized spacial score (nSPS) is 16.0. The van der Waals surface area contributed by atoms with Gasteiger partial charge >= 0.3 is 0 Å². The predicted octanol–water partition coefficient (Wildman–Crippen LogP) is 1.19. The van der Waals surface area contributed by atoms with Gasteiger partial charge in [-0.25, -0.2) is 0 Å². The maximum Gasteiger partial charge on any atom is 0.251 e. The summed E-state index contributed by atoms with van der Waals surface area (Å²) in [5, 5.41) is 0.759. The number of hydrogen-bond donors (Lipinski definition) is 0. The standard InChI is InChI=1S/C14H13NO4/c16-9-10-7-13(17)15(8-14-18-5-6-19-14)12-4-2-1-3-11(10)12/h1-4,7,9,14H,5-6,8H2. The molecule has 1 aromatic carbocycles. The van der Waals surface area contributed by atoms with Crippen LogP contribution in [0.4, 0.5) is 0 Å². The predicted molar refractivity (Wildman–Crippen MR) is 69.3 cm³/mol. The van der Waals surface area contributed by atoms with Gasteiger partial charge in [-0.15, -0.1) is 0 Å². The highest BCUT2D eigenvalue weighted by molar-refractivity contribution is 5.96. The highest BCUT2D eigenvalue weighted by Crippen LogP contribution is 2.17. The first-order valence-corrected chi connectivity index (χ1v) is 6.10. The van der Waals surface area contributed by atoms with Crippen LogP contribution in [0.3, 0.4) is 0 Å². The number of pyridine rings is 1. The third kappa shape index (κ3) is 2.18. The van der Waals surface area contributed by atoms with Crippen LogP contribution in [0.15, 0.2) is 35.1 Å². The van der Waals surface area contributed by atoms with Crippen molar-refractivity contribution in [1.29, 1.82) is 0 Å². The molecule has 3 rings (SSSR count). The number of rotatable bonds is 3. The van der Waals surface area contributed by atoms with Crippen LogP contribution in [0.25, 0.3) is 10.9 Å². The number of nitrogens with zero attached hydrogens (tertiary/aromatic N) is 1. The zero-order valence-electron chi connectivity index (χ0n) is 10.2. The molecule has 1 saturated heterocycles. The summed E-state index contributed by atoms with van der Waals surface area (Å²) in [7, 11) is 0. The third-order valence-corrected chi connectivity index (χ3v) is 3.20. The Morgan fingerprint density at radius 2 is 2.00 bits per heavy atom. The molecule has 1 fully saturated rings. The molecule has 2 aromatic rings. The first kappa shape index (κ1) is 12.1. The lowest BCUT2D eigenvalue weighted by Crippen LogP contribution is -2.27. The fraction of sp³-hybridized carbons (Fsp3) is 0.286. The highest BCUT2D eigenvalue weighted by atomic mass is 16.7. The van der Waals surface area contributed by atoms with Crippen molar-refractivity contribution in [2.75, 3.05) is 13.2 Å². The van der Waals surface area contributed by atoms with Gasteiger partial charge in [0.25, 0.3) is 5.56 Å². The van der Waals surface area contributed by atoms with Crippen LogP contribution in [0, 0.1) is 0 Å². The molecular formula is C14H13NO4. The zero-order valence-corrected chi connectivity index (χ0v) is 10.2. The molecule has 0 N–H and O–H groups in total. The van der Waals surface area contributed by atoms with Gasteiger partial charge in [-0.2, -0.15) is 0 Å². The first-order valence-electron chi connectivity index (χ1n) is 6.10. The Morgan fingerprint density at radius 3 is 2.74 bits per heavy atom. The van der Waals surface area contributed by atoms with E-state index in [9.17, 15) is 9.59 Å². The van der Waals surface area contributed by atoms with Crippen molar-refractivity contribution >= 4 is 17.2 Å². The van der Waals surface area contributed by atoms with E-state index in [-0.39, 0.29) is 5.56 Å². The van der Waals surface area contributed by atoms with Crippen LogP contribution in [-0.4, -0.2) is 30.4 Å². The van der Waals surface area contributed by atoms with Crippen molar-refractivity contribution in [3.05, 3.63) is 46.2 Å². The number of ether oxygens (including phenoxy) is 2. The second-order valence-electron chi connectivity index (χ2n) is 4.35. The molecule has 0 radical (unpaired) electrons. The summed E-state index contributed by atoms with van der Waals surface area (Å²) in [6.07, 6.45) is 0.305. The number of benzene rings is 1. The number of carbonyl (C=O) groups is 1. The third-order valence-electron chi connectivity index (χ3n) is 3.20. The van der Waals surface area contributed by atoms with Crippen molar-refractivity contribution in [1.82, 2.24) is 4.57 Å². The molecule has 0 spiro atoms. The zero-order chi connectivity index (χ0) is 13.2. The van der Waals surface area contributed by atoms with Crippen LogP contribution < -0.4 is 5.56 Å². The van der Waals surface area contributed by atoms with Gasteiger partial charge in [0.2, 0.25) is 0 Å². The van der Waals surface area contributed by atoms with Crippen LogP contribution in [0.2, 0.25) is 0 Å². The van der Waals surface area contributed by atoms with E-state index in [2.05, 4.69) is 0 Å². The fourth-order valence-corrected chi connectivity index (χ4v) is 2.31. The number of aldehydes is 1. The summed E-state index contributed by atoms with van der Waals surface area (Å²) < 4.78 is 12.3. The van der Waals surface area contributed by atoms with Gasteiger partial charge in [0, 0.05) is 17.0 Å². The first-order chi connectivity index (χ1) is 9.29. The Labute approximate surface area is 109 Å². The number of para-hydroxylation sites is 1. The van der Waals surface area contributed by atoms with Crippen LogP contribution in [0.5, 0.6) is 0 Å². The molecule has 1 aliphatic rings. The molecule has 1 aliphatic heterocycles. The van der Waals surface area contributed by atoms with Gasteiger partial charge in [0.15, 0.2) is 12.6 Å². The van der Waals surface area contributed by atoms with E-state index in [1.807, 2.05) is 24.3 Å². The fourth-order valence-electron chi connectivity index (χ4n) is 2.31. The van der Waals surface area contributed by atoms with Crippen molar-refractivity contribution in [2.24, 2.45) is 0 Å². The monoisotopic (exact) mass is 259 g/mol. The maximum atomic E-state index is 12.1. The van der Waals surface area contributed by atoms with Gasteiger partial charge in [-0.1, -0.05) is 18.2 Å². The molecule has 5 nitrogen and oxygen atoms in total. The van der Waals surface area contributed by atoms with E-state index < -0.39 is 6.29 Å². The van der Waals surface area contributed by atoms with E-state index in [0.29, 0.717) is 31.6 Å².